The minimum absolute atomic E-state index is 0.190. The van der Waals surface area contributed by atoms with Crippen molar-refractivity contribution >= 4 is 0 Å². The second-order valence-corrected chi connectivity index (χ2v) is 5.49. The molecule has 0 saturated carbocycles. The Morgan fingerprint density at radius 2 is 1.78 bits per heavy atom. The van der Waals surface area contributed by atoms with E-state index in [9.17, 15) is 0 Å². The Labute approximate surface area is 137 Å². The highest BCUT2D eigenvalue weighted by atomic mass is 16.5. The second-order valence-electron chi connectivity index (χ2n) is 5.49. The van der Waals surface area contributed by atoms with Gasteiger partial charge in [0.05, 0.1) is 19.3 Å². The number of para-hydroxylation sites is 3. The van der Waals surface area contributed by atoms with Gasteiger partial charge in [-0.25, -0.2) is 0 Å². The van der Waals surface area contributed by atoms with Crippen molar-refractivity contribution in [2.75, 3.05) is 26.3 Å². The standard InChI is InChI=1S/C19H23NO3/c1-2-21-18-9-5-6-10-19(18)23-17-8-4-3-7-15(17)13-16-14-20-11-12-22-16/h3-10,16,20H,2,11-14H2,1H3/t16-/m0/s1. The van der Waals surface area contributed by atoms with Gasteiger partial charge in [0.1, 0.15) is 5.75 Å². The van der Waals surface area contributed by atoms with Gasteiger partial charge in [-0.2, -0.15) is 0 Å². The third-order valence-electron chi connectivity index (χ3n) is 3.79. The van der Waals surface area contributed by atoms with E-state index in [1.807, 2.05) is 49.4 Å². The zero-order valence-electron chi connectivity index (χ0n) is 13.5. The van der Waals surface area contributed by atoms with Crippen LogP contribution in [0.3, 0.4) is 0 Å². The monoisotopic (exact) mass is 313 g/mol. The summed E-state index contributed by atoms with van der Waals surface area (Å²) in [4.78, 5) is 0. The Hall–Kier alpha value is -2.04. The molecule has 0 unspecified atom stereocenters. The highest BCUT2D eigenvalue weighted by molar-refractivity contribution is 5.45. The molecule has 1 aliphatic heterocycles. The predicted molar refractivity (Wildman–Crippen MR) is 90.4 cm³/mol. The molecule has 0 aromatic heterocycles. The third-order valence-corrected chi connectivity index (χ3v) is 3.79. The summed E-state index contributed by atoms with van der Waals surface area (Å²) >= 11 is 0. The molecule has 1 heterocycles. The molecule has 23 heavy (non-hydrogen) atoms. The Bertz CT molecular complexity index is 624. The van der Waals surface area contributed by atoms with Crippen molar-refractivity contribution in [1.29, 1.82) is 0 Å². The van der Waals surface area contributed by atoms with Crippen molar-refractivity contribution in [2.24, 2.45) is 0 Å². The Balaban J connectivity index is 1.77. The summed E-state index contributed by atoms with van der Waals surface area (Å²) < 4.78 is 17.6. The molecule has 0 spiro atoms. The maximum absolute atomic E-state index is 6.13. The lowest BCUT2D eigenvalue weighted by atomic mass is 10.1. The normalized spacial score (nSPS) is 17.7. The molecule has 2 aromatic rings. The topological polar surface area (TPSA) is 39.7 Å². The molecule has 1 atom stereocenters. The van der Waals surface area contributed by atoms with Crippen LogP contribution < -0.4 is 14.8 Å². The maximum Gasteiger partial charge on any atom is 0.169 e. The van der Waals surface area contributed by atoms with E-state index in [1.165, 1.54) is 0 Å². The smallest absolute Gasteiger partial charge is 0.169 e. The molecule has 122 valence electrons. The van der Waals surface area contributed by atoms with Crippen LogP contribution in [-0.2, 0) is 11.2 Å². The SMILES string of the molecule is CCOc1ccccc1Oc1ccccc1C[C@H]1CNCCO1. The zero-order chi connectivity index (χ0) is 15.9. The van der Waals surface area contributed by atoms with E-state index in [2.05, 4.69) is 11.4 Å². The van der Waals surface area contributed by atoms with Crippen molar-refractivity contribution in [1.82, 2.24) is 5.32 Å². The van der Waals surface area contributed by atoms with Gasteiger partial charge in [0, 0.05) is 19.5 Å². The quantitative estimate of drug-likeness (QED) is 0.887. The first-order chi connectivity index (χ1) is 11.4. The lowest BCUT2D eigenvalue weighted by molar-refractivity contribution is 0.0289. The number of ether oxygens (including phenoxy) is 3. The summed E-state index contributed by atoms with van der Waals surface area (Å²) in [5.74, 6) is 2.36. The van der Waals surface area contributed by atoms with Gasteiger partial charge >= 0.3 is 0 Å². The largest absolute Gasteiger partial charge is 0.490 e. The molecule has 4 heteroatoms. The Morgan fingerprint density at radius 1 is 1.04 bits per heavy atom. The lowest BCUT2D eigenvalue weighted by Crippen LogP contribution is -2.39. The van der Waals surface area contributed by atoms with E-state index >= 15 is 0 Å². The summed E-state index contributed by atoms with van der Waals surface area (Å²) in [5.41, 5.74) is 1.15. The molecule has 2 aromatic carbocycles. The summed E-state index contributed by atoms with van der Waals surface area (Å²) in [6.45, 7) is 5.16. The first-order valence-corrected chi connectivity index (χ1v) is 8.16. The van der Waals surface area contributed by atoms with Crippen molar-refractivity contribution in [3.05, 3.63) is 54.1 Å². The van der Waals surface area contributed by atoms with E-state index < -0.39 is 0 Å². The number of nitrogens with one attached hydrogen (secondary N) is 1. The van der Waals surface area contributed by atoms with E-state index in [0.717, 1.165) is 48.9 Å². The number of benzene rings is 2. The van der Waals surface area contributed by atoms with Gasteiger partial charge < -0.3 is 19.5 Å². The van der Waals surface area contributed by atoms with Crippen molar-refractivity contribution in [2.45, 2.75) is 19.4 Å². The molecule has 1 fully saturated rings. The first-order valence-electron chi connectivity index (χ1n) is 8.16. The van der Waals surface area contributed by atoms with Gasteiger partial charge in [0.25, 0.3) is 0 Å². The molecule has 0 bridgehead atoms. The van der Waals surface area contributed by atoms with E-state index in [0.29, 0.717) is 6.61 Å². The van der Waals surface area contributed by atoms with E-state index in [1.54, 1.807) is 0 Å². The lowest BCUT2D eigenvalue weighted by Gasteiger charge is -2.24. The number of hydrogen-bond acceptors (Lipinski definition) is 4. The Kier molecular flexibility index (Phi) is 5.51. The average Bonchev–Trinajstić information content (AvgIpc) is 2.59. The average molecular weight is 313 g/mol. The minimum atomic E-state index is 0.190. The van der Waals surface area contributed by atoms with Crippen molar-refractivity contribution in [3.8, 4) is 17.2 Å². The fourth-order valence-corrected chi connectivity index (χ4v) is 2.70. The van der Waals surface area contributed by atoms with Crippen LogP contribution in [0, 0.1) is 0 Å². The van der Waals surface area contributed by atoms with Crippen LogP contribution in [0.5, 0.6) is 17.2 Å². The summed E-state index contributed by atoms with van der Waals surface area (Å²) in [6, 6.07) is 15.9. The van der Waals surface area contributed by atoms with E-state index in [4.69, 9.17) is 14.2 Å². The van der Waals surface area contributed by atoms with Gasteiger partial charge in [-0.05, 0) is 30.7 Å². The number of rotatable bonds is 6. The third kappa shape index (κ3) is 4.24. The van der Waals surface area contributed by atoms with Crippen LogP contribution in [-0.4, -0.2) is 32.4 Å². The van der Waals surface area contributed by atoms with Crippen LogP contribution in [0.4, 0.5) is 0 Å². The van der Waals surface area contributed by atoms with Crippen LogP contribution in [0.2, 0.25) is 0 Å². The number of morpholine rings is 1. The molecule has 0 radical (unpaired) electrons. The maximum atomic E-state index is 6.13. The van der Waals surface area contributed by atoms with Gasteiger partial charge in [-0.1, -0.05) is 30.3 Å². The molecule has 1 saturated heterocycles. The fourth-order valence-electron chi connectivity index (χ4n) is 2.70. The zero-order valence-corrected chi connectivity index (χ0v) is 13.5. The molecule has 1 aliphatic rings. The molecular weight excluding hydrogens is 290 g/mol. The summed E-state index contributed by atoms with van der Waals surface area (Å²) in [5, 5.41) is 3.36. The predicted octanol–water partition coefficient (Wildman–Crippen LogP) is 3.41. The van der Waals surface area contributed by atoms with Crippen LogP contribution in [0.25, 0.3) is 0 Å². The van der Waals surface area contributed by atoms with Crippen molar-refractivity contribution < 1.29 is 14.2 Å². The molecule has 0 aliphatic carbocycles. The first kappa shape index (κ1) is 15.8. The molecule has 3 rings (SSSR count). The molecule has 4 nitrogen and oxygen atoms in total. The Morgan fingerprint density at radius 3 is 2.52 bits per heavy atom. The van der Waals surface area contributed by atoms with Gasteiger partial charge in [-0.3, -0.25) is 0 Å². The highest BCUT2D eigenvalue weighted by Gasteiger charge is 2.17. The fraction of sp³-hybridized carbons (Fsp3) is 0.368. The molecular formula is C19H23NO3. The van der Waals surface area contributed by atoms with Crippen LogP contribution in [0.1, 0.15) is 12.5 Å². The van der Waals surface area contributed by atoms with E-state index in [-0.39, 0.29) is 6.10 Å². The minimum Gasteiger partial charge on any atom is -0.490 e. The van der Waals surface area contributed by atoms with Gasteiger partial charge in [-0.15, -0.1) is 0 Å². The summed E-state index contributed by atoms with van der Waals surface area (Å²) in [7, 11) is 0. The number of hydrogen-bond donors (Lipinski definition) is 1. The highest BCUT2D eigenvalue weighted by Crippen LogP contribution is 2.33. The van der Waals surface area contributed by atoms with Gasteiger partial charge in [0.15, 0.2) is 11.5 Å². The van der Waals surface area contributed by atoms with Gasteiger partial charge in [0.2, 0.25) is 0 Å². The second kappa shape index (κ2) is 7.99. The molecule has 1 N–H and O–H groups in total. The van der Waals surface area contributed by atoms with Crippen molar-refractivity contribution in [3.63, 3.8) is 0 Å². The van der Waals surface area contributed by atoms with Crippen LogP contribution in [0.15, 0.2) is 48.5 Å². The molecule has 0 amide bonds. The summed E-state index contributed by atoms with van der Waals surface area (Å²) in [6.07, 6.45) is 1.02. The van der Waals surface area contributed by atoms with Crippen LogP contribution >= 0.6 is 0 Å².